The molecule has 0 saturated heterocycles. The summed E-state index contributed by atoms with van der Waals surface area (Å²) in [6.45, 7) is -0.924. The lowest BCUT2D eigenvalue weighted by molar-refractivity contribution is 0.347. The minimum absolute atomic E-state index is 0.295. The van der Waals surface area contributed by atoms with Crippen LogP contribution in [0.2, 0.25) is 0 Å². The lowest BCUT2D eigenvalue weighted by Crippen LogP contribution is -1.96. The van der Waals surface area contributed by atoms with E-state index in [1.54, 1.807) is 33.5 Å². The number of hydrogen-bond acceptors (Lipinski definition) is 3. The lowest BCUT2D eigenvalue weighted by Gasteiger charge is -2.12. The Morgan fingerprint density at radius 3 is 2.07 bits per heavy atom. The summed E-state index contributed by atoms with van der Waals surface area (Å²) in [6, 6.07) is 3.45. The molecule has 0 aliphatic heterocycles. The van der Waals surface area contributed by atoms with E-state index in [0.29, 0.717) is 23.7 Å². The van der Waals surface area contributed by atoms with Crippen LogP contribution in [0.4, 0.5) is 0 Å². The highest BCUT2D eigenvalue weighted by Gasteiger charge is 2.09. The fraction of sp³-hybridized carbons (Fsp3) is 0.455. The lowest BCUT2D eigenvalue weighted by atomic mass is 10.1. The average Bonchev–Trinajstić information content (AvgIpc) is 2.27. The van der Waals surface area contributed by atoms with Gasteiger partial charge in [0.15, 0.2) is 11.5 Å². The Morgan fingerprint density at radius 2 is 1.57 bits per heavy atom. The minimum atomic E-state index is -0.924. The van der Waals surface area contributed by atoms with Gasteiger partial charge in [-0.2, -0.15) is 0 Å². The third-order valence-electron chi connectivity index (χ3n) is 2.01. The molecule has 1 aromatic rings. The molecule has 0 saturated carbocycles. The van der Waals surface area contributed by atoms with Crippen molar-refractivity contribution in [3.8, 4) is 17.2 Å². The zero-order valence-electron chi connectivity index (χ0n) is 10.7. The summed E-state index contributed by atoms with van der Waals surface area (Å²) in [5.41, 5.74) is 0.773. The molecule has 0 heterocycles. The number of hydrogen-bond donors (Lipinski definition) is 0. The summed E-state index contributed by atoms with van der Waals surface area (Å²) in [6.07, 6.45) is 0.295. The van der Waals surface area contributed by atoms with Gasteiger partial charge in [-0.3, -0.25) is 0 Å². The van der Waals surface area contributed by atoms with E-state index in [1.165, 1.54) is 0 Å². The highest BCUT2D eigenvalue weighted by atomic mass is 16.5. The standard InChI is InChI=1S/C11H16O3/c1-5-8-6-10(13-3)11(14-4)7-9(8)12-2/h6-7H,5H2,1-4H3/i1D2. The maximum absolute atomic E-state index is 7.25. The highest BCUT2D eigenvalue weighted by Crippen LogP contribution is 2.34. The summed E-state index contributed by atoms with van der Waals surface area (Å²) in [7, 11) is 4.65. The molecule has 0 bridgehead atoms. The predicted molar refractivity (Wildman–Crippen MR) is 55.5 cm³/mol. The molecule has 0 aliphatic rings. The van der Waals surface area contributed by atoms with E-state index >= 15 is 0 Å². The number of methoxy groups -OCH3 is 3. The Hall–Kier alpha value is -1.38. The van der Waals surface area contributed by atoms with Crippen LogP contribution in [0.5, 0.6) is 17.2 Å². The van der Waals surface area contributed by atoms with Crippen LogP contribution in [-0.2, 0) is 6.42 Å². The maximum atomic E-state index is 7.25. The molecule has 1 rings (SSSR count). The smallest absolute Gasteiger partial charge is 0.164 e. The van der Waals surface area contributed by atoms with Crippen LogP contribution in [0.3, 0.4) is 0 Å². The molecular weight excluding hydrogens is 180 g/mol. The fourth-order valence-electron chi connectivity index (χ4n) is 1.25. The minimum Gasteiger partial charge on any atom is -0.496 e. The first-order valence-corrected chi connectivity index (χ1v) is 4.25. The quantitative estimate of drug-likeness (QED) is 0.742. The van der Waals surface area contributed by atoms with Gasteiger partial charge in [0, 0.05) is 8.81 Å². The van der Waals surface area contributed by atoms with Crippen LogP contribution < -0.4 is 14.2 Å². The zero-order valence-corrected chi connectivity index (χ0v) is 8.66. The summed E-state index contributed by atoms with van der Waals surface area (Å²) in [5, 5.41) is 0. The summed E-state index contributed by atoms with van der Waals surface area (Å²) < 4.78 is 30.0. The molecule has 14 heavy (non-hydrogen) atoms. The van der Waals surface area contributed by atoms with Gasteiger partial charge in [-0.1, -0.05) is 6.88 Å². The van der Waals surface area contributed by atoms with Crippen molar-refractivity contribution in [2.75, 3.05) is 21.3 Å². The van der Waals surface area contributed by atoms with E-state index in [9.17, 15) is 0 Å². The van der Waals surface area contributed by atoms with Crippen molar-refractivity contribution in [2.24, 2.45) is 0 Å². The third-order valence-corrected chi connectivity index (χ3v) is 2.01. The van der Waals surface area contributed by atoms with E-state index in [2.05, 4.69) is 0 Å². The summed E-state index contributed by atoms with van der Waals surface area (Å²) >= 11 is 0. The number of benzene rings is 1. The Bertz CT molecular complexity index is 353. The van der Waals surface area contributed by atoms with E-state index in [0.717, 1.165) is 5.56 Å². The van der Waals surface area contributed by atoms with Gasteiger partial charge in [0.25, 0.3) is 0 Å². The molecule has 1 aromatic carbocycles. The Kier molecular flexibility index (Phi) is 2.70. The Balaban J connectivity index is 3.15. The van der Waals surface area contributed by atoms with Crippen molar-refractivity contribution in [3.63, 3.8) is 0 Å². The summed E-state index contributed by atoms with van der Waals surface area (Å²) in [4.78, 5) is 0. The molecule has 0 atom stereocenters. The van der Waals surface area contributed by atoms with Gasteiger partial charge < -0.3 is 14.2 Å². The molecule has 3 heteroatoms. The van der Waals surface area contributed by atoms with Gasteiger partial charge in [-0.25, -0.2) is 0 Å². The normalized spacial score (nSPS) is 12.0. The molecule has 0 amide bonds. The first-order chi connectivity index (χ1) is 7.62. The Morgan fingerprint density at radius 1 is 1.00 bits per heavy atom. The first kappa shape index (κ1) is 7.97. The summed E-state index contributed by atoms with van der Waals surface area (Å²) in [5.74, 6) is 1.77. The molecule has 0 aliphatic carbocycles. The van der Waals surface area contributed by atoms with Crippen molar-refractivity contribution in [2.45, 2.75) is 13.3 Å². The molecular formula is C11H16O3. The third kappa shape index (κ3) is 1.92. The van der Waals surface area contributed by atoms with E-state index in [1.807, 2.05) is 0 Å². The molecule has 0 aromatic heterocycles. The second-order valence-electron chi connectivity index (χ2n) is 2.72. The highest BCUT2D eigenvalue weighted by molar-refractivity contribution is 5.50. The van der Waals surface area contributed by atoms with Crippen molar-refractivity contribution in [3.05, 3.63) is 17.7 Å². The number of rotatable bonds is 4. The second kappa shape index (κ2) is 4.74. The predicted octanol–water partition coefficient (Wildman–Crippen LogP) is 2.27. The molecule has 0 spiro atoms. The van der Waals surface area contributed by atoms with Crippen LogP contribution in [0, 0.1) is 0 Å². The maximum Gasteiger partial charge on any atom is 0.164 e. The van der Waals surface area contributed by atoms with E-state index < -0.39 is 6.88 Å². The van der Waals surface area contributed by atoms with Crippen molar-refractivity contribution >= 4 is 0 Å². The van der Waals surface area contributed by atoms with Crippen LogP contribution in [0.25, 0.3) is 0 Å². The van der Waals surface area contributed by atoms with Crippen molar-refractivity contribution in [1.82, 2.24) is 0 Å². The van der Waals surface area contributed by atoms with Crippen molar-refractivity contribution in [1.29, 1.82) is 0 Å². The van der Waals surface area contributed by atoms with Crippen LogP contribution in [0.15, 0.2) is 12.1 Å². The first-order valence-electron chi connectivity index (χ1n) is 5.41. The monoisotopic (exact) mass is 198 g/mol. The van der Waals surface area contributed by atoms with Gasteiger partial charge in [0.05, 0.1) is 21.3 Å². The van der Waals surface area contributed by atoms with Gasteiger partial charge >= 0.3 is 0 Å². The molecule has 0 unspecified atom stereocenters. The van der Waals surface area contributed by atoms with Crippen LogP contribution >= 0.6 is 0 Å². The fourth-order valence-corrected chi connectivity index (χ4v) is 1.25. The van der Waals surface area contributed by atoms with Crippen LogP contribution in [0.1, 0.15) is 15.2 Å². The molecule has 3 nitrogen and oxygen atoms in total. The molecule has 78 valence electrons. The van der Waals surface area contributed by atoms with Gasteiger partial charge in [0.1, 0.15) is 5.75 Å². The topological polar surface area (TPSA) is 27.7 Å². The van der Waals surface area contributed by atoms with E-state index in [4.69, 9.17) is 17.0 Å². The molecule has 0 radical (unpaired) electrons. The van der Waals surface area contributed by atoms with Crippen LogP contribution in [-0.4, -0.2) is 21.3 Å². The van der Waals surface area contributed by atoms with Gasteiger partial charge in [-0.15, -0.1) is 0 Å². The van der Waals surface area contributed by atoms with Gasteiger partial charge in [-0.05, 0) is 18.1 Å². The van der Waals surface area contributed by atoms with Crippen molar-refractivity contribution < 1.29 is 17.0 Å². The molecule has 0 fully saturated rings. The largest absolute Gasteiger partial charge is 0.496 e. The number of ether oxygens (including phenoxy) is 3. The number of aryl methyl sites for hydroxylation is 1. The van der Waals surface area contributed by atoms with E-state index in [-0.39, 0.29) is 0 Å². The SMILES string of the molecule is [2H]C([2H])Cc1cc(OC)c(OC)cc1OC. The molecule has 0 N–H and O–H groups in total. The van der Waals surface area contributed by atoms with Gasteiger partial charge in [0.2, 0.25) is 0 Å². The average molecular weight is 198 g/mol. The zero-order chi connectivity index (χ0) is 12.1. The second-order valence-corrected chi connectivity index (χ2v) is 2.72. The Labute approximate surface area is 87.4 Å².